The molecule has 1 aliphatic heterocycles. The van der Waals surface area contributed by atoms with Crippen LogP contribution in [0.15, 0.2) is 107 Å². The molecule has 162 valence electrons. The number of nitro benzene ring substituents is 1. The molecule has 1 atom stereocenters. The van der Waals surface area contributed by atoms with Crippen molar-refractivity contribution >= 4 is 36.0 Å². The first-order chi connectivity index (χ1) is 16.7. The van der Waals surface area contributed by atoms with E-state index < -0.39 is 0 Å². The summed E-state index contributed by atoms with van der Waals surface area (Å²) in [7, 11) is 0. The second-order valence-electron chi connectivity index (χ2n) is 8.70. The number of hydrogen-bond donors (Lipinski definition) is 0. The molecule has 1 unspecified atom stereocenters. The minimum atomic E-state index is -0.387. The lowest BCUT2D eigenvalue weighted by Crippen LogP contribution is -2.28. The molecule has 0 bridgehead atoms. The van der Waals surface area contributed by atoms with Crippen LogP contribution in [0.4, 0.5) is 5.69 Å². The van der Waals surface area contributed by atoms with Gasteiger partial charge in [0.05, 0.1) is 15.9 Å². The molecule has 0 fully saturated rings. The summed E-state index contributed by atoms with van der Waals surface area (Å²) in [5.74, 6) is 0. The fourth-order valence-corrected chi connectivity index (χ4v) is 7.99. The zero-order chi connectivity index (χ0) is 22.9. The van der Waals surface area contributed by atoms with Gasteiger partial charge >= 0.3 is 0 Å². The van der Waals surface area contributed by atoms with Gasteiger partial charge < -0.3 is 0 Å². The number of allylic oxidation sites excluding steroid dienone is 3. The Kier molecular flexibility index (Phi) is 4.18. The van der Waals surface area contributed by atoms with Gasteiger partial charge in [0.1, 0.15) is 0 Å². The molecule has 0 saturated heterocycles. The Labute approximate surface area is 207 Å². The number of nitro groups is 1. The van der Waals surface area contributed by atoms with Crippen LogP contribution >= 0.6 is 20.7 Å². The van der Waals surface area contributed by atoms with E-state index in [1.165, 1.54) is 33.4 Å². The molecule has 2 aliphatic carbocycles. The minimum absolute atomic E-state index is 0.138. The van der Waals surface area contributed by atoms with E-state index >= 15 is 0 Å². The standard InChI is InChI=1S/C30H18INO2/c33-32(34)28-15-6-3-9-21(28)22-11-7-14-26-29(22)23-10-2-5-13-25(23)30(26)24-12-4-1-8-19(24)20-16-17-31-18-27(20)30/h1-18H. The summed E-state index contributed by atoms with van der Waals surface area (Å²) in [4.78, 5) is 11.7. The highest BCUT2D eigenvalue weighted by atomic mass is 127. The van der Waals surface area contributed by atoms with Crippen molar-refractivity contribution in [3.63, 3.8) is 0 Å². The molecule has 0 amide bonds. The maximum atomic E-state index is 11.9. The van der Waals surface area contributed by atoms with Gasteiger partial charge in [0.2, 0.25) is 0 Å². The van der Waals surface area contributed by atoms with Crippen LogP contribution in [0.25, 0.3) is 27.8 Å². The van der Waals surface area contributed by atoms with Gasteiger partial charge in [0.15, 0.2) is 0 Å². The zero-order valence-electron chi connectivity index (χ0n) is 18.0. The lowest BCUT2D eigenvalue weighted by molar-refractivity contribution is -0.384. The van der Waals surface area contributed by atoms with Crippen LogP contribution in [0.5, 0.6) is 0 Å². The van der Waals surface area contributed by atoms with Gasteiger partial charge in [-0.25, -0.2) is 0 Å². The third-order valence-corrected chi connectivity index (χ3v) is 9.01. The molecule has 7 rings (SSSR count). The van der Waals surface area contributed by atoms with E-state index in [0.717, 1.165) is 16.7 Å². The van der Waals surface area contributed by atoms with Crippen LogP contribution in [0.2, 0.25) is 0 Å². The Morgan fingerprint density at radius 3 is 2.09 bits per heavy atom. The molecule has 4 heteroatoms. The first-order valence-corrected chi connectivity index (χ1v) is 13.7. The number of rotatable bonds is 2. The van der Waals surface area contributed by atoms with Crippen molar-refractivity contribution in [1.82, 2.24) is 0 Å². The number of halogens is 1. The molecule has 4 aromatic rings. The molecule has 3 nitrogen and oxygen atoms in total. The summed E-state index contributed by atoms with van der Waals surface area (Å²) in [5, 5.41) is 11.9. The zero-order valence-corrected chi connectivity index (χ0v) is 20.2. The fourth-order valence-electron chi connectivity index (χ4n) is 6.05. The number of fused-ring (bicyclic) bond motifs is 9. The van der Waals surface area contributed by atoms with E-state index in [9.17, 15) is 10.1 Å². The van der Waals surface area contributed by atoms with Gasteiger partial charge in [0.25, 0.3) is 5.69 Å². The average molecular weight is 551 g/mol. The van der Waals surface area contributed by atoms with Gasteiger partial charge in [-0.1, -0.05) is 99.6 Å². The molecular weight excluding hydrogens is 533 g/mol. The summed E-state index contributed by atoms with van der Waals surface area (Å²) < 4.78 is 4.80. The summed E-state index contributed by atoms with van der Waals surface area (Å²) in [5.41, 5.74) is 11.4. The van der Waals surface area contributed by atoms with Crippen molar-refractivity contribution in [2.24, 2.45) is 0 Å². The van der Waals surface area contributed by atoms with Crippen molar-refractivity contribution < 1.29 is 4.92 Å². The molecule has 1 heterocycles. The SMILES string of the molecule is O=[N+]([O-])c1ccccc1-c1cccc2c1-c1ccccc1C21C2=C(C=CI=C2)c2ccccc21. The smallest absolute Gasteiger partial charge is 0.258 e. The van der Waals surface area contributed by atoms with Crippen molar-refractivity contribution in [3.05, 3.63) is 139 Å². The minimum Gasteiger partial charge on any atom is -0.258 e. The van der Waals surface area contributed by atoms with Crippen LogP contribution in [-0.4, -0.2) is 8.94 Å². The maximum Gasteiger partial charge on any atom is 0.277 e. The van der Waals surface area contributed by atoms with Crippen LogP contribution in [0.3, 0.4) is 0 Å². The van der Waals surface area contributed by atoms with Gasteiger partial charge in [-0.05, 0) is 70.3 Å². The van der Waals surface area contributed by atoms with E-state index in [4.69, 9.17) is 0 Å². The first kappa shape index (κ1) is 19.8. The maximum absolute atomic E-state index is 11.9. The Morgan fingerprint density at radius 1 is 0.676 bits per heavy atom. The van der Waals surface area contributed by atoms with Gasteiger partial charge in [0, 0.05) is 6.07 Å². The largest absolute Gasteiger partial charge is 0.277 e. The molecule has 0 aromatic heterocycles. The molecule has 0 N–H and O–H groups in total. The second kappa shape index (κ2) is 7.18. The molecule has 0 saturated carbocycles. The van der Waals surface area contributed by atoms with Crippen molar-refractivity contribution in [2.75, 3.05) is 0 Å². The quantitative estimate of drug-likeness (QED) is 0.146. The lowest BCUT2D eigenvalue weighted by Gasteiger charge is -2.31. The molecule has 3 aliphatic rings. The Morgan fingerprint density at radius 2 is 1.29 bits per heavy atom. The van der Waals surface area contributed by atoms with E-state index in [0.29, 0.717) is 5.56 Å². The van der Waals surface area contributed by atoms with Crippen LogP contribution in [0, 0.1) is 10.1 Å². The molecule has 0 radical (unpaired) electrons. The highest BCUT2D eigenvalue weighted by Crippen LogP contribution is 2.63. The number of hydrogen-bond acceptors (Lipinski definition) is 2. The third-order valence-electron chi connectivity index (χ3n) is 7.25. The highest BCUT2D eigenvalue weighted by molar-refractivity contribution is 14.2. The van der Waals surface area contributed by atoms with E-state index in [1.54, 1.807) is 12.1 Å². The summed E-state index contributed by atoms with van der Waals surface area (Å²) in [6, 6.07) is 30.8. The van der Waals surface area contributed by atoms with E-state index in [1.807, 2.05) is 18.2 Å². The predicted octanol–water partition coefficient (Wildman–Crippen LogP) is 7.64. The van der Waals surface area contributed by atoms with Crippen molar-refractivity contribution in [2.45, 2.75) is 5.41 Å². The summed E-state index contributed by atoms with van der Waals surface area (Å²) in [6.07, 6.45) is 2.31. The topological polar surface area (TPSA) is 43.1 Å². The number of benzene rings is 4. The molecule has 34 heavy (non-hydrogen) atoms. The van der Waals surface area contributed by atoms with E-state index in [2.05, 4.69) is 74.8 Å². The molecular formula is C30H18INO2. The van der Waals surface area contributed by atoms with Crippen molar-refractivity contribution in [3.8, 4) is 22.3 Å². The fraction of sp³-hybridized carbons (Fsp3) is 0.0333. The number of para-hydroxylation sites is 1. The van der Waals surface area contributed by atoms with Crippen LogP contribution < -0.4 is 0 Å². The van der Waals surface area contributed by atoms with Crippen molar-refractivity contribution in [1.29, 1.82) is 0 Å². The Balaban J connectivity index is 1.65. The van der Waals surface area contributed by atoms with Gasteiger partial charge in [-0.3, -0.25) is 10.1 Å². The Bertz CT molecular complexity index is 1650. The van der Waals surface area contributed by atoms with Crippen LogP contribution in [0.1, 0.15) is 22.3 Å². The lowest BCUT2D eigenvalue weighted by atomic mass is 9.70. The Hall–Kier alpha value is -3.64. The van der Waals surface area contributed by atoms with Gasteiger partial charge in [-0.15, -0.1) is 0 Å². The normalized spacial score (nSPS) is 18.8. The second-order valence-corrected chi connectivity index (χ2v) is 10.8. The summed E-state index contributed by atoms with van der Waals surface area (Å²) in [6.45, 7) is 0. The molecule has 1 spiro atoms. The highest BCUT2D eigenvalue weighted by Gasteiger charge is 2.52. The summed E-state index contributed by atoms with van der Waals surface area (Å²) >= 11 is -0.167. The van der Waals surface area contributed by atoms with Gasteiger partial charge in [-0.2, -0.15) is 0 Å². The average Bonchev–Trinajstić information content (AvgIpc) is 3.36. The number of nitrogens with zero attached hydrogens (tertiary/aromatic N) is 1. The monoisotopic (exact) mass is 551 g/mol. The molecule has 4 aromatic carbocycles. The third kappa shape index (κ3) is 2.38. The first-order valence-electron chi connectivity index (χ1n) is 11.2. The predicted molar refractivity (Wildman–Crippen MR) is 146 cm³/mol. The van der Waals surface area contributed by atoms with Crippen LogP contribution in [-0.2, 0) is 5.41 Å². The van der Waals surface area contributed by atoms with E-state index in [-0.39, 0.29) is 36.8 Å².